The predicted molar refractivity (Wildman–Crippen MR) is 101 cm³/mol. The Kier molecular flexibility index (Phi) is 4.10. The molecular weight excluding hydrogens is 334 g/mol. The van der Waals surface area contributed by atoms with Crippen LogP contribution in [0.4, 0.5) is 5.69 Å². The Balaban J connectivity index is 1.80. The maximum atomic E-state index is 12.8. The normalized spacial score (nSPS) is 28.4. The molecule has 0 aromatic heterocycles. The number of ketones is 1. The number of fused-ring (bicyclic) bond motifs is 2. The Morgan fingerprint density at radius 2 is 1.76 bits per heavy atom. The van der Waals surface area contributed by atoms with Crippen molar-refractivity contribution < 1.29 is 13.2 Å². The molecule has 0 amide bonds. The average molecular weight is 364 g/mol. The van der Waals surface area contributed by atoms with Crippen molar-refractivity contribution in [2.75, 3.05) is 10.5 Å². The van der Waals surface area contributed by atoms with Gasteiger partial charge in [0.15, 0.2) is 0 Å². The second kappa shape index (κ2) is 5.57. The van der Waals surface area contributed by atoms with E-state index < -0.39 is 15.4 Å². The zero-order chi connectivity index (χ0) is 18.7. The SMILES string of the molecule is CC(C)(C)c1ccc(NS(=O)(=O)C[C@@]23CC[C@@H](CC2=O)C3(C)C)cc1. The standard InChI is InChI=1S/C20H29NO3S/c1-18(2,3)14-6-8-16(9-7-14)21-25(23,24)13-20-11-10-15(12-17(20)22)19(20,4)5/h6-9,15,21H,10-13H2,1-5H3/t15-,20-/m0/s1. The third-order valence-electron chi connectivity index (χ3n) is 6.60. The Morgan fingerprint density at radius 3 is 2.20 bits per heavy atom. The molecule has 2 atom stereocenters. The van der Waals surface area contributed by atoms with Crippen LogP contribution in [0.15, 0.2) is 24.3 Å². The van der Waals surface area contributed by atoms with Gasteiger partial charge in [-0.1, -0.05) is 46.8 Å². The van der Waals surface area contributed by atoms with E-state index >= 15 is 0 Å². The van der Waals surface area contributed by atoms with Gasteiger partial charge in [0.25, 0.3) is 0 Å². The summed E-state index contributed by atoms with van der Waals surface area (Å²) in [6, 6.07) is 7.50. The predicted octanol–water partition coefficient (Wildman–Crippen LogP) is 4.12. The molecule has 2 saturated carbocycles. The molecule has 0 saturated heterocycles. The topological polar surface area (TPSA) is 63.2 Å². The molecule has 1 aromatic rings. The van der Waals surface area contributed by atoms with Crippen molar-refractivity contribution in [2.45, 2.75) is 59.3 Å². The molecule has 2 aliphatic rings. The fourth-order valence-corrected chi connectivity index (χ4v) is 6.58. The number of carbonyl (C=O) groups excluding carboxylic acids is 1. The number of nitrogens with one attached hydrogen (secondary N) is 1. The number of hydrogen-bond acceptors (Lipinski definition) is 3. The van der Waals surface area contributed by atoms with Gasteiger partial charge in [0.2, 0.25) is 10.0 Å². The first kappa shape index (κ1) is 18.4. The number of benzene rings is 1. The van der Waals surface area contributed by atoms with Crippen LogP contribution in [0.3, 0.4) is 0 Å². The molecule has 0 unspecified atom stereocenters. The van der Waals surface area contributed by atoms with Crippen LogP contribution in [-0.2, 0) is 20.2 Å². The zero-order valence-corrected chi connectivity index (χ0v) is 16.7. The molecule has 2 fully saturated rings. The van der Waals surface area contributed by atoms with Crippen LogP contribution in [0.5, 0.6) is 0 Å². The average Bonchev–Trinajstić information content (AvgIpc) is 2.80. The van der Waals surface area contributed by atoms with E-state index in [1.807, 2.05) is 12.1 Å². The quantitative estimate of drug-likeness (QED) is 0.875. The zero-order valence-electron chi connectivity index (χ0n) is 15.8. The molecule has 2 aliphatic carbocycles. The van der Waals surface area contributed by atoms with Crippen LogP contribution >= 0.6 is 0 Å². The monoisotopic (exact) mass is 363 g/mol. The van der Waals surface area contributed by atoms with Crippen LogP contribution in [0.2, 0.25) is 0 Å². The minimum atomic E-state index is -3.59. The Labute approximate surface area is 151 Å². The van der Waals surface area contributed by atoms with Crippen LogP contribution in [0, 0.1) is 16.7 Å². The van der Waals surface area contributed by atoms with Gasteiger partial charge in [-0.3, -0.25) is 9.52 Å². The van der Waals surface area contributed by atoms with Crippen molar-refractivity contribution >= 4 is 21.5 Å². The summed E-state index contributed by atoms with van der Waals surface area (Å²) in [5, 5.41) is 0. The third kappa shape index (κ3) is 3.01. The van der Waals surface area contributed by atoms with E-state index in [1.165, 1.54) is 0 Å². The molecule has 0 spiro atoms. The fraction of sp³-hybridized carbons (Fsp3) is 0.650. The molecule has 4 nitrogen and oxygen atoms in total. The van der Waals surface area contributed by atoms with E-state index in [-0.39, 0.29) is 22.4 Å². The number of carbonyl (C=O) groups is 1. The fourth-order valence-electron chi connectivity index (χ4n) is 4.69. The largest absolute Gasteiger partial charge is 0.299 e. The van der Waals surface area contributed by atoms with E-state index in [4.69, 9.17) is 0 Å². The van der Waals surface area contributed by atoms with Gasteiger partial charge in [0.1, 0.15) is 5.78 Å². The van der Waals surface area contributed by atoms with Gasteiger partial charge in [-0.15, -0.1) is 0 Å². The lowest BCUT2D eigenvalue weighted by molar-refractivity contribution is -0.128. The highest BCUT2D eigenvalue weighted by molar-refractivity contribution is 7.92. The molecule has 2 bridgehead atoms. The molecular formula is C20H29NO3S. The summed E-state index contributed by atoms with van der Waals surface area (Å²) in [6.07, 6.45) is 2.17. The lowest BCUT2D eigenvalue weighted by Gasteiger charge is -2.36. The van der Waals surface area contributed by atoms with Crippen LogP contribution in [0.25, 0.3) is 0 Å². The number of sulfonamides is 1. The summed E-state index contributed by atoms with van der Waals surface area (Å²) >= 11 is 0. The van der Waals surface area contributed by atoms with Gasteiger partial charge in [-0.05, 0) is 47.3 Å². The maximum absolute atomic E-state index is 12.8. The summed E-state index contributed by atoms with van der Waals surface area (Å²) in [4.78, 5) is 12.6. The van der Waals surface area contributed by atoms with E-state index in [0.29, 0.717) is 24.4 Å². The number of hydrogen-bond donors (Lipinski definition) is 1. The first-order chi connectivity index (χ1) is 11.4. The van der Waals surface area contributed by atoms with Crippen molar-refractivity contribution in [3.05, 3.63) is 29.8 Å². The molecule has 3 rings (SSSR count). The highest BCUT2D eigenvalue weighted by atomic mass is 32.2. The van der Waals surface area contributed by atoms with Crippen LogP contribution in [0.1, 0.15) is 59.4 Å². The first-order valence-electron chi connectivity index (χ1n) is 9.02. The van der Waals surface area contributed by atoms with E-state index in [1.54, 1.807) is 12.1 Å². The summed E-state index contributed by atoms with van der Waals surface area (Å²) in [6.45, 7) is 10.5. The maximum Gasteiger partial charge on any atom is 0.233 e. The third-order valence-corrected chi connectivity index (χ3v) is 8.02. The first-order valence-corrected chi connectivity index (χ1v) is 10.7. The summed E-state index contributed by atoms with van der Waals surface area (Å²) in [5.41, 5.74) is 0.765. The van der Waals surface area contributed by atoms with E-state index in [0.717, 1.165) is 12.0 Å². The summed E-state index contributed by atoms with van der Waals surface area (Å²) < 4.78 is 28.3. The van der Waals surface area contributed by atoms with Crippen molar-refractivity contribution in [1.82, 2.24) is 0 Å². The van der Waals surface area contributed by atoms with Gasteiger partial charge in [-0.2, -0.15) is 0 Å². The molecule has 138 valence electrons. The molecule has 0 heterocycles. The second-order valence-corrected chi connectivity index (χ2v) is 11.1. The minimum Gasteiger partial charge on any atom is -0.299 e. The van der Waals surface area contributed by atoms with Crippen LogP contribution < -0.4 is 4.72 Å². The summed E-state index contributed by atoms with van der Waals surface area (Å²) in [7, 11) is -3.59. The lowest BCUT2D eigenvalue weighted by atomic mass is 9.70. The van der Waals surface area contributed by atoms with Gasteiger partial charge in [0.05, 0.1) is 11.2 Å². The second-order valence-electron chi connectivity index (χ2n) is 9.36. The minimum absolute atomic E-state index is 0.0233. The number of rotatable bonds is 4. The van der Waals surface area contributed by atoms with Gasteiger partial charge in [0, 0.05) is 12.1 Å². The number of anilines is 1. The summed E-state index contributed by atoms with van der Waals surface area (Å²) in [5.74, 6) is 0.340. The smallest absolute Gasteiger partial charge is 0.233 e. The molecule has 0 aliphatic heterocycles. The van der Waals surface area contributed by atoms with Crippen molar-refractivity contribution in [3.8, 4) is 0 Å². The molecule has 0 radical (unpaired) electrons. The number of Topliss-reactive ketones (excluding diaryl/α,β-unsaturated/α-hetero) is 1. The van der Waals surface area contributed by atoms with Gasteiger partial charge in [-0.25, -0.2) is 8.42 Å². The lowest BCUT2D eigenvalue weighted by Crippen LogP contribution is -2.43. The molecule has 1 aromatic carbocycles. The molecule has 25 heavy (non-hydrogen) atoms. The Hall–Kier alpha value is -1.36. The molecule has 5 heteroatoms. The van der Waals surface area contributed by atoms with Crippen LogP contribution in [-0.4, -0.2) is 20.0 Å². The Bertz CT molecular complexity index is 787. The highest BCUT2D eigenvalue weighted by Crippen LogP contribution is 2.64. The molecule has 1 N–H and O–H groups in total. The van der Waals surface area contributed by atoms with Gasteiger partial charge >= 0.3 is 0 Å². The van der Waals surface area contributed by atoms with E-state index in [9.17, 15) is 13.2 Å². The van der Waals surface area contributed by atoms with Crippen molar-refractivity contribution in [1.29, 1.82) is 0 Å². The Morgan fingerprint density at radius 1 is 1.16 bits per heavy atom. The van der Waals surface area contributed by atoms with Crippen molar-refractivity contribution in [3.63, 3.8) is 0 Å². The van der Waals surface area contributed by atoms with E-state index in [2.05, 4.69) is 39.3 Å². The van der Waals surface area contributed by atoms with Gasteiger partial charge < -0.3 is 0 Å². The highest BCUT2D eigenvalue weighted by Gasteiger charge is 2.65. The van der Waals surface area contributed by atoms with Crippen molar-refractivity contribution in [2.24, 2.45) is 16.7 Å².